The van der Waals surface area contributed by atoms with E-state index in [1.165, 1.54) is 6.92 Å². The quantitative estimate of drug-likeness (QED) is 0.655. The first-order chi connectivity index (χ1) is 10.5. The van der Waals surface area contributed by atoms with E-state index in [1.807, 2.05) is 0 Å². The van der Waals surface area contributed by atoms with Crippen LogP contribution in [0.15, 0.2) is 6.20 Å². The number of halogens is 6. The summed E-state index contributed by atoms with van der Waals surface area (Å²) in [5.74, 6) is -2.05. The predicted molar refractivity (Wildman–Crippen MR) is 64.2 cm³/mol. The van der Waals surface area contributed by atoms with Crippen molar-refractivity contribution in [3.8, 4) is 5.75 Å². The van der Waals surface area contributed by atoms with E-state index in [0.717, 1.165) is 0 Å². The number of aromatic nitrogens is 1. The summed E-state index contributed by atoms with van der Waals surface area (Å²) in [7, 11) is 0. The molecule has 11 heteroatoms. The molecule has 1 aromatic rings. The van der Waals surface area contributed by atoms with Gasteiger partial charge in [-0.1, -0.05) is 0 Å². The number of alkyl halides is 6. The third kappa shape index (κ3) is 5.27. The maximum absolute atomic E-state index is 12.9. The maximum Gasteiger partial charge on any atom is 0.573 e. The topological polar surface area (TPSA) is 74.4 Å². The van der Waals surface area contributed by atoms with E-state index in [2.05, 4.69) is 14.5 Å². The minimum Gasteiger partial charge on any atom is -0.466 e. The highest BCUT2D eigenvalue weighted by molar-refractivity contribution is 5.74. The van der Waals surface area contributed by atoms with Crippen molar-refractivity contribution in [3.05, 3.63) is 23.0 Å². The maximum atomic E-state index is 12.9. The Balaban J connectivity index is 3.44. The average Bonchev–Trinajstić information content (AvgIpc) is 2.37. The number of hydrogen-bond donors (Lipinski definition) is 1. The lowest BCUT2D eigenvalue weighted by atomic mass is 10.0. The van der Waals surface area contributed by atoms with Gasteiger partial charge in [0.2, 0.25) is 0 Å². The Morgan fingerprint density at radius 1 is 1.22 bits per heavy atom. The van der Waals surface area contributed by atoms with Crippen LogP contribution < -0.4 is 10.5 Å². The summed E-state index contributed by atoms with van der Waals surface area (Å²) in [4.78, 5) is 14.4. The first-order valence-electron chi connectivity index (χ1n) is 6.19. The monoisotopic (exact) mass is 346 g/mol. The third-order valence-electron chi connectivity index (χ3n) is 2.58. The van der Waals surface area contributed by atoms with Crippen LogP contribution in [0, 0.1) is 0 Å². The first kappa shape index (κ1) is 19.0. The summed E-state index contributed by atoms with van der Waals surface area (Å²) in [5, 5.41) is 0. The lowest BCUT2D eigenvalue weighted by molar-refractivity contribution is -0.275. The minimum absolute atomic E-state index is 0.0938. The van der Waals surface area contributed by atoms with Gasteiger partial charge in [-0.15, -0.1) is 13.2 Å². The molecule has 0 saturated heterocycles. The Morgan fingerprint density at radius 2 is 1.83 bits per heavy atom. The second-order valence-corrected chi connectivity index (χ2v) is 4.16. The number of nitrogens with zero attached hydrogens (tertiary/aromatic N) is 1. The van der Waals surface area contributed by atoms with Gasteiger partial charge in [-0.25, -0.2) is 4.98 Å². The molecule has 0 bridgehead atoms. The number of nitrogens with two attached hydrogens (primary N) is 1. The van der Waals surface area contributed by atoms with Crippen LogP contribution >= 0.6 is 0 Å². The van der Waals surface area contributed by atoms with Gasteiger partial charge in [0.25, 0.3) is 0 Å². The van der Waals surface area contributed by atoms with Crippen molar-refractivity contribution < 1.29 is 40.6 Å². The molecule has 0 unspecified atom stereocenters. The van der Waals surface area contributed by atoms with E-state index in [4.69, 9.17) is 5.73 Å². The van der Waals surface area contributed by atoms with Gasteiger partial charge < -0.3 is 15.2 Å². The highest BCUT2D eigenvalue weighted by Gasteiger charge is 2.39. The minimum atomic E-state index is -5.17. The molecule has 5 nitrogen and oxygen atoms in total. The normalized spacial score (nSPS) is 12.2. The summed E-state index contributed by atoms with van der Waals surface area (Å²) >= 11 is 0. The van der Waals surface area contributed by atoms with E-state index < -0.39 is 54.0 Å². The molecule has 0 aromatic carbocycles. The molecule has 23 heavy (non-hydrogen) atoms. The van der Waals surface area contributed by atoms with Gasteiger partial charge in [0.15, 0.2) is 5.75 Å². The van der Waals surface area contributed by atoms with E-state index in [0.29, 0.717) is 0 Å². The van der Waals surface area contributed by atoms with Gasteiger partial charge in [-0.2, -0.15) is 13.2 Å². The molecule has 0 aliphatic heterocycles. The highest BCUT2D eigenvalue weighted by atomic mass is 19.4. The number of pyridine rings is 1. The molecule has 0 aliphatic rings. The highest BCUT2D eigenvalue weighted by Crippen LogP contribution is 2.36. The second-order valence-electron chi connectivity index (χ2n) is 4.16. The van der Waals surface area contributed by atoms with Gasteiger partial charge in [0.1, 0.15) is 5.69 Å². The van der Waals surface area contributed by atoms with Gasteiger partial charge in [-0.3, -0.25) is 4.79 Å². The van der Waals surface area contributed by atoms with Crippen molar-refractivity contribution >= 4 is 5.97 Å². The number of hydrogen-bond acceptors (Lipinski definition) is 5. The zero-order chi connectivity index (χ0) is 17.8. The number of esters is 1. The van der Waals surface area contributed by atoms with E-state index in [9.17, 15) is 31.1 Å². The standard InChI is InChI=1S/C12H12F6N2O3/c1-2-22-9(21)3-6-7(4-19)10(11(13,14)15)20-5-8(6)23-12(16,17)18/h5H,2-4,19H2,1H3. The summed E-state index contributed by atoms with van der Waals surface area (Å²) in [6, 6.07) is 0. The molecule has 0 saturated carbocycles. The van der Waals surface area contributed by atoms with Crippen LogP contribution in [0.25, 0.3) is 0 Å². The second kappa shape index (κ2) is 7.02. The summed E-state index contributed by atoms with van der Waals surface area (Å²) in [6.07, 6.45) is -10.7. The Morgan fingerprint density at radius 3 is 2.26 bits per heavy atom. The molecular weight excluding hydrogens is 334 g/mol. The summed E-state index contributed by atoms with van der Waals surface area (Å²) < 4.78 is 83.9. The molecule has 130 valence electrons. The molecule has 2 N–H and O–H groups in total. The number of carbonyl (C=O) groups excluding carboxylic acids is 1. The van der Waals surface area contributed by atoms with Gasteiger partial charge >= 0.3 is 18.5 Å². The van der Waals surface area contributed by atoms with Crippen LogP contribution in [-0.4, -0.2) is 23.9 Å². The molecule has 1 aromatic heterocycles. The lowest BCUT2D eigenvalue weighted by Gasteiger charge is -2.19. The fourth-order valence-corrected chi connectivity index (χ4v) is 1.80. The van der Waals surface area contributed by atoms with Crippen molar-refractivity contribution in [3.63, 3.8) is 0 Å². The largest absolute Gasteiger partial charge is 0.573 e. The fourth-order valence-electron chi connectivity index (χ4n) is 1.80. The third-order valence-corrected chi connectivity index (χ3v) is 2.58. The van der Waals surface area contributed by atoms with Gasteiger partial charge in [-0.05, 0) is 6.92 Å². The van der Waals surface area contributed by atoms with E-state index >= 15 is 0 Å². The van der Waals surface area contributed by atoms with Crippen LogP contribution in [0.1, 0.15) is 23.7 Å². The Hall–Kier alpha value is -2.04. The van der Waals surface area contributed by atoms with E-state index in [-0.39, 0.29) is 12.8 Å². The summed E-state index contributed by atoms with van der Waals surface area (Å²) in [5.41, 5.74) is 2.30. The molecule has 1 heterocycles. The molecule has 0 atom stereocenters. The molecule has 0 fully saturated rings. The van der Waals surface area contributed by atoms with Gasteiger partial charge in [0, 0.05) is 17.7 Å². The van der Waals surface area contributed by atoms with Crippen LogP contribution in [-0.2, 0) is 28.7 Å². The Labute approximate surface area is 126 Å². The van der Waals surface area contributed by atoms with Crippen molar-refractivity contribution in [1.29, 1.82) is 0 Å². The van der Waals surface area contributed by atoms with Crippen molar-refractivity contribution in [2.45, 2.75) is 32.4 Å². The van der Waals surface area contributed by atoms with Crippen LogP contribution in [0.2, 0.25) is 0 Å². The van der Waals surface area contributed by atoms with E-state index in [1.54, 1.807) is 0 Å². The van der Waals surface area contributed by atoms with Crippen molar-refractivity contribution in [2.24, 2.45) is 5.73 Å². The van der Waals surface area contributed by atoms with Gasteiger partial charge in [0.05, 0.1) is 19.2 Å². The van der Waals surface area contributed by atoms with Crippen LogP contribution in [0.3, 0.4) is 0 Å². The number of rotatable bonds is 5. The molecule has 1 rings (SSSR count). The smallest absolute Gasteiger partial charge is 0.466 e. The molecule has 0 aliphatic carbocycles. The first-order valence-corrected chi connectivity index (χ1v) is 6.19. The average molecular weight is 346 g/mol. The molecular formula is C12H12F6N2O3. The Bertz CT molecular complexity index is 571. The SMILES string of the molecule is CCOC(=O)Cc1c(OC(F)(F)F)cnc(C(F)(F)F)c1CN. The number of carbonyl (C=O) groups is 1. The predicted octanol–water partition coefficient (Wildman–Crippen LogP) is 2.56. The zero-order valence-corrected chi connectivity index (χ0v) is 11.7. The molecule has 0 amide bonds. The summed E-state index contributed by atoms with van der Waals surface area (Å²) in [6.45, 7) is 0.553. The molecule has 0 spiro atoms. The van der Waals surface area contributed by atoms with Crippen LogP contribution in [0.5, 0.6) is 5.75 Å². The van der Waals surface area contributed by atoms with Crippen molar-refractivity contribution in [2.75, 3.05) is 6.61 Å². The lowest BCUT2D eigenvalue weighted by Crippen LogP contribution is -2.23. The molecule has 0 radical (unpaired) electrons. The Kier molecular flexibility index (Phi) is 5.81. The van der Waals surface area contributed by atoms with Crippen LogP contribution in [0.4, 0.5) is 26.3 Å². The zero-order valence-electron chi connectivity index (χ0n) is 11.7. The van der Waals surface area contributed by atoms with Crippen molar-refractivity contribution in [1.82, 2.24) is 4.98 Å². The number of ether oxygens (including phenoxy) is 2. The fraction of sp³-hybridized carbons (Fsp3) is 0.500.